The van der Waals surface area contributed by atoms with Crippen LogP contribution < -0.4 is 0 Å². The maximum Gasteiger partial charge on any atom is 0.0785 e. The molecule has 0 aromatic heterocycles. The molecule has 2 nitrogen and oxygen atoms in total. The van der Waals surface area contributed by atoms with Gasteiger partial charge in [-0.3, -0.25) is 0 Å². The number of ether oxygens (including phenoxy) is 1. The van der Waals surface area contributed by atoms with Crippen LogP contribution in [-0.4, -0.2) is 18.3 Å². The van der Waals surface area contributed by atoms with Crippen LogP contribution in [-0.2, 0) is 11.2 Å². The first kappa shape index (κ1) is 11.8. The summed E-state index contributed by atoms with van der Waals surface area (Å²) in [4.78, 5) is 0. The summed E-state index contributed by atoms with van der Waals surface area (Å²) in [7, 11) is 1.60. The van der Waals surface area contributed by atoms with Gasteiger partial charge < -0.3 is 9.84 Å². The van der Waals surface area contributed by atoms with Gasteiger partial charge in [0.05, 0.1) is 19.5 Å². The van der Waals surface area contributed by atoms with Crippen LogP contribution in [0.3, 0.4) is 0 Å². The van der Waals surface area contributed by atoms with E-state index in [9.17, 15) is 5.11 Å². The first-order chi connectivity index (χ1) is 7.33. The number of methoxy groups -OCH3 is 1. The van der Waals surface area contributed by atoms with E-state index in [4.69, 9.17) is 4.74 Å². The molecule has 0 spiro atoms. The third kappa shape index (κ3) is 5.23. The van der Waals surface area contributed by atoms with Crippen molar-refractivity contribution < 1.29 is 9.84 Å². The van der Waals surface area contributed by atoms with Crippen molar-refractivity contribution in [1.82, 2.24) is 0 Å². The van der Waals surface area contributed by atoms with Gasteiger partial charge in [-0.05, 0) is 30.9 Å². The first-order valence-corrected chi connectivity index (χ1v) is 5.22. The second-order valence-electron chi connectivity index (χ2n) is 3.52. The summed E-state index contributed by atoms with van der Waals surface area (Å²) in [5, 5.41) is 9.63. The average molecular weight is 206 g/mol. The maximum atomic E-state index is 9.63. The van der Waals surface area contributed by atoms with Crippen molar-refractivity contribution in [3.8, 4) is 0 Å². The van der Waals surface area contributed by atoms with E-state index < -0.39 is 0 Å². The summed E-state index contributed by atoms with van der Waals surface area (Å²) >= 11 is 0. The highest BCUT2D eigenvalue weighted by Crippen LogP contribution is 2.07. The van der Waals surface area contributed by atoms with E-state index in [-0.39, 0.29) is 6.10 Å². The van der Waals surface area contributed by atoms with Gasteiger partial charge in [0, 0.05) is 0 Å². The summed E-state index contributed by atoms with van der Waals surface area (Å²) < 4.78 is 4.76. The van der Waals surface area contributed by atoms with Crippen molar-refractivity contribution in [2.24, 2.45) is 0 Å². The Morgan fingerprint density at radius 3 is 2.73 bits per heavy atom. The lowest BCUT2D eigenvalue weighted by Gasteiger charge is -2.07. The molecule has 1 rings (SSSR count). The Hall–Kier alpha value is -1.28. The molecule has 0 saturated carbocycles. The molecule has 1 atom stereocenters. The monoisotopic (exact) mass is 206 g/mol. The van der Waals surface area contributed by atoms with E-state index in [0.717, 1.165) is 12.8 Å². The SMILES string of the molecule is CO/C=C/CC(O)CCc1ccccc1. The molecular formula is C13H18O2. The van der Waals surface area contributed by atoms with E-state index in [0.29, 0.717) is 6.42 Å². The van der Waals surface area contributed by atoms with Crippen LogP contribution in [0, 0.1) is 0 Å². The first-order valence-electron chi connectivity index (χ1n) is 5.22. The zero-order chi connectivity index (χ0) is 10.9. The second kappa shape index (κ2) is 7.07. The molecule has 0 aliphatic carbocycles. The lowest BCUT2D eigenvalue weighted by molar-refractivity contribution is 0.167. The largest absolute Gasteiger partial charge is 0.505 e. The Morgan fingerprint density at radius 1 is 1.33 bits per heavy atom. The third-order valence-corrected chi connectivity index (χ3v) is 2.25. The van der Waals surface area contributed by atoms with Crippen LogP contribution in [0.15, 0.2) is 42.7 Å². The fourth-order valence-electron chi connectivity index (χ4n) is 1.40. The molecule has 2 heteroatoms. The van der Waals surface area contributed by atoms with Crippen LogP contribution >= 0.6 is 0 Å². The molecule has 0 heterocycles. The van der Waals surface area contributed by atoms with Crippen molar-refractivity contribution in [3.05, 3.63) is 48.2 Å². The molecule has 82 valence electrons. The van der Waals surface area contributed by atoms with Crippen molar-refractivity contribution in [1.29, 1.82) is 0 Å². The number of rotatable bonds is 6. The molecule has 15 heavy (non-hydrogen) atoms. The molecule has 0 aliphatic rings. The standard InChI is InChI=1S/C13H18O2/c1-15-11-5-8-13(14)10-9-12-6-3-2-4-7-12/h2-7,11,13-14H,8-10H2,1H3/b11-5+. The highest BCUT2D eigenvalue weighted by Gasteiger charge is 2.01. The van der Waals surface area contributed by atoms with Crippen LogP contribution in [0.25, 0.3) is 0 Å². The molecule has 0 amide bonds. The molecule has 1 N–H and O–H groups in total. The Kier molecular flexibility index (Phi) is 5.56. The highest BCUT2D eigenvalue weighted by molar-refractivity contribution is 5.14. The molecule has 1 aromatic carbocycles. The second-order valence-corrected chi connectivity index (χ2v) is 3.52. The molecule has 1 unspecified atom stereocenters. The predicted octanol–water partition coefficient (Wildman–Crippen LogP) is 2.53. The van der Waals surface area contributed by atoms with Crippen LogP contribution in [0.5, 0.6) is 0 Å². The molecule has 0 radical (unpaired) electrons. The Labute approximate surface area is 91.2 Å². The van der Waals surface area contributed by atoms with Gasteiger partial charge in [0.25, 0.3) is 0 Å². The van der Waals surface area contributed by atoms with Gasteiger partial charge in [0.1, 0.15) is 0 Å². The fraction of sp³-hybridized carbons (Fsp3) is 0.385. The normalized spacial score (nSPS) is 12.9. The molecule has 0 fully saturated rings. The Bertz CT molecular complexity index is 280. The minimum absolute atomic E-state index is 0.281. The van der Waals surface area contributed by atoms with Gasteiger partial charge >= 0.3 is 0 Å². The minimum atomic E-state index is -0.281. The average Bonchev–Trinajstić information content (AvgIpc) is 2.28. The van der Waals surface area contributed by atoms with Crippen LogP contribution in [0.2, 0.25) is 0 Å². The van der Waals surface area contributed by atoms with Crippen molar-refractivity contribution >= 4 is 0 Å². The number of aliphatic hydroxyl groups is 1. The van der Waals surface area contributed by atoms with Crippen molar-refractivity contribution in [3.63, 3.8) is 0 Å². The number of hydrogen-bond acceptors (Lipinski definition) is 2. The summed E-state index contributed by atoms with van der Waals surface area (Å²) in [5.74, 6) is 0. The zero-order valence-electron chi connectivity index (χ0n) is 9.10. The number of benzene rings is 1. The summed E-state index contributed by atoms with van der Waals surface area (Å²) in [6, 6.07) is 10.2. The molecule has 1 aromatic rings. The lowest BCUT2D eigenvalue weighted by Crippen LogP contribution is -2.06. The Balaban J connectivity index is 2.22. The van der Waals surface area contributed by atoms with Gasteiger partial charge in [-0.1, -0.05) is 30.3 Å². The summed E-state index contributed by atoms with van der Waals surface area (Å²) in [6.45, 7) is 0. The van der Waals surface area contributed by atoms with E-state index >= 15 is 0 Å². The van der Waals surface area contributed by atoms with Gasteiger partial charge in [0.2, 0.25) is 0 Å². The number of aryl methyl sites for hydroxylation is 1. The van der Waals surface area contributed by atoms with Gasteiger partial charge in [-0.25, -0.2) is 0 Å². The van der Waals surface area contributed by atoms with Gasteiger partial charge in [0.15, 0.2) is 0 Å². The molecule has 0 bridgehead atoms. The Morgan fingerprint density at radius 2 is 2.07 bits per heavy atom. The third-order valence-electron chi connectivity index (χ3n) is 2.25. The van der Waals surface area contributed by atoms with E-state index in [1.165, 1.54) is 5.56 Å². The smallest absolute Gasteiger partial charge is 0.0785 e. The fourth-order valence-corrected chi connectivity index (χ4v) is 1.40. The van der Waals surface area contributed by atoms with Crippen LogP contribution in [0.4, 0.5) is 0 Å². The van der Waals surface area contributed by atoms with Crippen molar-refractivity contribution in [2.45, 2.75) is 25.4 Å². The summed E-state index contributed by atoms with van der Waals surface area (Å²) in [5.41, 5.74) is 1.27. The number of aliphatic hydroxyl groups excluding tert-OH is 1. The van der Waals surface area contributed by atoms with Crippen LogP contribution in [0.1, 0.15) is 18.4 Å². The zero-order valence-corrected chi connectivity index (χ0v) is 9.10. The molecule has 0 saturated heterocycles. The number of hydrogen-bond donors (Lipinski definition) is 1. The van der Waals surface area contributed by atoms with Gasteiger partial charge in [-0.15, -0.1) is 0 Å². The summed E-state index contributed by atoms with van der Waals surface area (Å²) in [6.07, 6.45) is 5.53. The van der Waals surface area contributed by atoms with E-state index in [1.54, 1.807) is 13.4 Å². The topological polar surface area (TPSA) is 29.5 Å². The predicted molar refractivity (Wildman–Crippen MR) is 61.5 cm³/mol. The quantitative estimate of drug-likeness (QED) is 0.725. The highest BCUT2D eigenvalue weighted by atomic mass is 16.5. The van der Waals surface area contributed by atoms with Crippen molar-refractivity contribution in [2.75, 3.05) is 7.11 Å². The van der Waals surface area contributed by atoms with Gasteiger partial charge in [-0.2, -0.15) is 0 Å². The van der Waals surface area contributed by atoms with E-state index in [2.05, 4.69) is 12.1 Å². The molecular weight excluding hydrogens is 188 g/mol. The van der Waals surface area contributed by atoms with E-state index in [1.807, 2.05) is 24.3 Å². The lowest BCUT2D eigenvalue weighted by atomic mass is 10.1. The maximum absolute atomic E-state index is 9.63. The molecule has 0 aliphatic heterocycles. The minimum Gasteiger partial charge on any atom is -0.505 e.